The number of ketones is 1. The zero-order chi connectivity index (χ0) is 23.1. The number of aliphatic hydroxyl groups is 1. The van der Waals surface area contributed by atoms with Gasteiger partial charge in [-0.05, 0) is 48.0 Å². The molecule has 2 aromatic heterocycles. The molecular formula is C25H16BrFN2O4. The number of aromatic nitrogens is 1. The first kappa shape index (κ1) is 21.1. The summed E-state index contributed by atoms with van der Waals surface area (Å²) >= 11 is 3.38. The van der Waals surface area contributed by atoms with Crippen LogP contribution >= 0.6 is 15.9 Å². The predicted octanol–water partition coefficient (Wildman–Crippen LogP) is 5.51. The molecule has 1 aliphatic rings. The molecule has 0 bridgehead atoms. The first-order chi connectivity index (χ1) is 15.9. The van der Waals surface area contributed by atoms with Crippen molar-refractivity contribution in [2.75, 3.05) is 0 Å². The maximum atomic E-state index is 14.9. The fourth-order valence-corrected chi connectivity index (χ4v) is 4.39. The van der Waals surface area contributed by atoms with E-state index in [0.29, 0.717) is 11.0 Å². The van der Waals surface area contributed by atoms with Crippen LogP contribution in [-0.4, -0.2) is 26.7 Å². The number of nitrogens with zero attached hydrogens (tertiary/aromatic N) is 2. The van der Waals surface area contributed by atoms with Crippen LogP contribution in [-0.2, 0) is 11.3 Å². The molecule has 1 aliphatic heterocycles. The fraction of sp³-hybridized carbons (Fsp3) is 0.0800. The van der Waals surface area contributed by atoms with Crippen molar-refractivity contribution >= 4 is 38.6 Å². The summed E-state index contributed by atoms with van der Waals surface area (Å²) in [6.45, 7) is 0.0499. The van der Waals surface area contributed by atoms with Crippen molar-refractivity contribution < 1.29 is 23.5 Å². The van der Waals surface area contributed by atoms with Gasteiger partial charge in [0, 0.05) is 34.4 Å². The Labute approximate surface area is 196 Å². The molecule has 5 rings (SSSR count). The molecule has 3 heterocycles. The van der Waals surface area contributed by atoms with Crippen LogP contribution in [0.25, 0.3) is 11.0 Å². The molecule has 1 atom stereocenters. The van der Waals surface area contributed by atoms with E-state index in [2.05, 4.69) is 20.9 Å². The smallest absolute Gasteiger partial charge is 0.290 e. The zero-order valence-corrected chi connectivity index (χ0v) is 18.6. The molecule has 0 aliphatic carbocycles. The van der Waals surface area contributed by atoms with Gasteiger partial charge in [0.2, 0.25) is 5.78 Å². The Morgan fingerprint density at radius 1 is 1.12 bits per heavy atom. The summed E-state index contributed by atoms with van der Waals surface area (Å²) < 4.78 is 21.4. The third-order valence-electron chi connectivity index (χ3n) is 5.55. The zero-order valence-electron chi connectivity index (χ0n) is 17.0. The lowest BCUT2D eigenvalue weighted by Crippen LogP contribution is -2.31. The number of hydrogen-bond donors (Lipinski definition) is 1. The molecule has 1 unspecified atom stereocenters. The lowest BCUT2D eigenvalue weighted by atomic mass is 9.94. The second-order valence-corrected chi connectivity index (χ2v) is 8.51. The van der Waals surface area contributed by atoms with Crippen LogP contribution in [0.5, 0.6) is 0 Å². The second kappa shape index (κ2) is 8.29. The minimum atomic E-state index is -1.13. The molecule has 0 spiro atoms. The van der Waals surface area contributed by atoms with E-state index in [1.54, 1.807) is 48.8 Å². The summed E-state index contributed by atoms with van der Waals surface area (Å²) in [7, 11) is 0. The van der Waals surface area contributed by atoms with E-state index in [-0.39, 0.29) is 23.4 Å². The average Bonchev–Trinajstić information content (AvgIpc) is 3.34. The van der Waals surface area contributed by atoms with Crippen LogP contribution < -0.4 is 0 Å². The number of aliphatic hydroxyl groups excluding tert-OH is 1. The van der Waals surface area contributed by atoms with Crippen LogP contribution in [0, 0.1) is 5.82 Å². The molecule has 8 heteroatoms. The minimum absolute atomic E-state index is 0.0499. The summed E-state index contributed by atoms with van der Waals surface area (Å²) in [6, 6.07) is 15.0. The Balaban J connectivity index is 1.62. The highest BCUT2D eigenvalue weighted by Gasteiger charge is 2.45. The first-order valence-corrected chi connectivity index (χ1v) is 10.8. The van der Waals surface area contributed by atoms with Crippen molar-refractivity contribution in [2.24, 2.45) is 0 Å². The van der Waals surface area contributed by atoms with Crippen molar-refractivity contribution in [1.82, 2.24) is 9.88 Å². The lowest BCUT2D eigenvalue weighted by molar-refractivity contribution is -0.130. The van der Waals surface area contributed by atoms with Crippen LogP contribution in [0.2, 0.25) is 0 Å². The first-order valence-electron chi connectivity index (χ1n) is 10.1. The SMILES string of the molecule is O=C(C1=C(O)C(=O)N(Cc2ccncc2)C1c1ccccc1F)c1cc2cc(Br)ccc2o1. The standard InChI is InChI=1S/C25H16BrFN2O4/c26-16-5-6-19-15(11-16)12-20(33-19)23(30)21-22(17-3-1-2-4-18(17)27)29(25(32)24(21)31)13-14-7-9-28-10-8-14/h1-12,22,31H,13H2. The third-order valence-corrected chi connectivity index (χ3v) is 6.05. The molecular weight excluding hydrogens is 491 g/mol. The van der Waals surface area contributed by atoms with E-state index in [9.17, 15) is 19.1 Å². The lowest BCUT2D eigenvalue weighted by Gasteiger charge is -2.27. The molecule has 1 amide bonds. The Morgan fingerprint density at radius 3 is 2.64 bits per heavy atom. The predicted molar refractivity (Wildman–Crippen MR) is 122 cm³/mol. The number of benzene rings is 2. The van der Waals surface area contributed by atoms with Crippen molar-refractivity contribution in [3.8, 4) is 0 Å². The molecule has 0 radical (unpaired) electrons. The van der Waals surface area contributed by atoms with Gasteiger partial charge in [-0.15, -0.1) is 0 Å². The Morgan fingerprint density at radius 2 is 1.88 bits per heavy atom. The molecule has 0 saturated carbocycles. The van der Waals surface area contributed by atoms with E-state index in [0.717, 1.165) is 10.0 Å². The van der Waals surface area contributed by atoms with E-state index in [1.807, 2.05) is 0 Å². The highest BCUT2D eigenvalue weighted by atomic mass is 79.9. The van der Waals surface area contributed by atoms with Crippen molar-refractivity contribution in [2.45, 2.75) is 12.6 Å². The summed E-state index contributed by atoms with van der Waals surface area (Å²) in [5.74, 6) is -2.81. The van der Waals surface area contributed by atoms with Gasteiger partial charge in [-0.3, -0.25) is 14.6 Å². The molecule has 6 nitrogen and oxygen atoms in total. The van der Waals surface area contributed by atoms with Gasteiger partial charge in [0.25, 0.3) is 5.91 Å². The maximum Gasteiger partial charge on any atom is 0.290 e. The van der Waals surface area contributed by atoms with Crippen molar-refractivity contribution in [1.29, 1.82) is 0 Å². The van der Waals surface area contributed by atoms with E-state index < -0.39 is 29.3 Å². The quantitative estimate of drug-likeness (QED) is 0.361. The topological polar surface area (TPSA) is 83.6 Å². The molecule has 164 valence electrons. The van der Waals surface area contributed by atoms with Crippen LogP contribution in [0.1, 0.15) is 27.7 Å². The van der Waals surface area contributed by atoms with Gasteiger partial charge in [-0.1, -0.05) is 34.1 Å². The van der Waals surface area contributed by atoms with Crippen LogP contribution in [0.4, 0.5) is 4.39 Å². The summed E-state index contributed by atoms with van der Waals surface area (Å²) in [6.07, 6.45) is 3.14. The number of halogens is 2. The van der Waals surface area contributed by atoms with Gasteiger partial charge in [0.05, 0.1) is 11.6 Å². The molecule has 2 aromatic carbocycles. The summed E-state index contributed by atoms with van der Waals surface area (Å²) in [5, 5.41) is 11.4. The number of fused-ring (bicyclic) bond motifs is 1. The van der Waals surface area contributed by atoms with Gasteiger partial charge in [0.1, 0.15) is 11.4 Å². The second-order valence-electron chi connectivity index (χ2n) is 7.60. The highest BCUT2D eigenvalue weighted by molar-refractivity contribution is 9.10. The monoisotopic (exact) mass is 506 g/mol. The van der Waals surface area contributed by atoms with Crippen LogP contribution in [0.3, 0.4) is 0 Å². The Kier molecular flexibility index (Phi) is 5.30. The van der Waals surface area contributed by atoms with E-state index in [1.165, 1.54) is 29.2 Å². The number of amides is 1. The van der Waals surface area contributed by atoms with Crippen molar-refractivity contribution in [3.05, 3.63) is 112 Å². The average molecular weight is 507 g/mol. The number of rotatable bonds is 5. The normalized spacial score (nSPS) is 16.1. The largest absolute Gasteiger partial charge is 0.503 e. The Bertz CT molecular complexity index is 1430. The van der Waals surface area contributed by atoms with E-state index in [4.69, 9.17) is 4.42 Å². The van der Waals surface area contributed by atoms with Gasteiger partial charge in [-0.25, -0.2) is 4.39 Å². The third kappa shape index (κ3) is 3.72. The van der Waals surface area contributed by atoms with Gasteiger partial charge < -0.3 is 14.4 Å². The van der Waals surface area contributed by atoms with Gasteiger partial charge >= 0.3 is 0 Å². The number of furan rings is 1. The van der Waals surface area contributed by atoms with Gasteiger partial charge in [-0.2, -0.15) is 0 Å². The minimum Gasteiger partial charge on any atom is -0.503 e. The highest BCUT2D eigenvalue weighted by Crippen LogP contribution is 2.41. The number of carbonyl (C=O) groups excluding carboxylic acids is 2. The number of Topliss-reactive ketones (excluding diaryl/α,β-unsaturated/α-hetero) is 1. The van der Waals surface area contributed by atoms with Crippen LogP contribution in [0.15, 0.2) is 93.3 Å². The molecule has 0 fully saturated rings. The van der Waals surface area contributed by atoms with Gasteiger partial charge in [0.15, 0.2) is 11.5 Å². The number of hydrogen-bond acceptors (Lipinski definition) is 5. The Hall–Kier alpha value is -3.78. The fourth-order valence-electron chi connectivity index (χ4n) is 4.01. The number of carbonyl (C=O) groups is 2. The maximum absolute atomic E-state index is 14.9. The molecule has 0 saturated heterocycles. The number of pyridine rings is 1. The summed E-state index contributed by atoms with van der Waals surface area (Å²) in [4.78, 5) is 31.8. The molecule has 4 aromatic rings. The van der Waals surface area contributed by atoms with E-state index >= 15 is 0 Å². The molecule has 1 N–H and O–H groups in total. The van der Waals surface area contributed by atoms with Crippen molar-refractivity contribution in [3.63, 3.8) is 0 Å². The summed E-state index contributed by atoms with van der Waals surface area (Å²) in [5.41, 5.74) is 1.07. The molecule has 33 heavy (non-hydrogen) atoms.